The maximum Gasteiger partial charge on any atom is 0.326 e. The summed E-state index contributed by atoms with van der Waals surface area (Å²) >= 11 is 1.59. The summed E-state index contributed by atoms with van der Waals surface area (Å²) in [4.78, 5) is 13.0. The second-order valence-electron chi connectivity index (χ2n) is 4.27. The van der Waals surface area contributed by atoms with Crippen LogP contribution in [-0.4, -0.2) is 38.0 Å². The Bertz CT molecular complexity index is 425. The highest BCUT2D eigenvalue weighted by Crippen LogP contribution is 2.26. The van der Waals surface area contributed by atoms with Gasteiger partial charge < -0.3 is 14.8 Å². The Hall–Kier alpha value is -1.20. The van der Waals surface area contributed by atoms with Gasteiger partial charge >= 0.3 is 5.97 Å². The van der Waals surface area contributed by atoms with Crippen LogP contribution in [0.5, 0.6) is 5.75 Å². The zero-order valence-corrected chi connectivity index (χ0v) is 12.7. The largest absolute Gasteiger partial charge is 0.497 e. The molecule has 0 aliphatic heterocycles. The Balaban J connectivity index is 2.69. The molecule has 19 heavy (non-hydrogen) atoms. The molecule has 0 bridgehead atoms. The molecule has 1 unspecified atom stereocenters. The van der Waals surface area contributed by atoms with Gasteiger partial charge in [0.1, 0.15) is 11.3 Å². The van der Waals surface area contributed by atoms with Crippen LogP contribution < -0.4 is 10.1 Å². The van der Waals surface area contributed by atoms with E-state index in [1.54, 1.807) is 25.9 Å². The summed E-state index contributed by atoms with van der Waals surface area (Å²) in [5.74, 6) is 1.18. The average Bonchev–Trinajstić information content (AvgIpc) is 2.45. The minimum absolute atomic E-state index is 0.229. The van der Waals surface area contributed by atoms with Gasteiger partial charge in [0.2, 0.25) is 0 Å². The summed E-state index contributed by atoms with van der Waals surface area (Å²) in [5.41, 5.74) is -0.691. The maximum absolute atomic E-state index is 11.9. The lowest BCUT2D eigenvalue weighted by molar-refractivity contribution is -0.149. The van der Waals surface area contributed by atoms with Crippen molar-refractivity contribution in [1.82, 2.24) is 5.32 Å². The molecule has 1 N–H and O–H groups in total. The highest BCUT2D eigenvalue weighted by atomic mass is 32.2. The summed E-state index contributed by atoms with van der Waals surface area (Å²) in [6.45, 7) is 4.04. The molecule has 0 amide bonds. The SMILES string of the molecule is CCOC(=O)C(C)(CSc1cccc(OC)c1)NC. The number of benzene rings is 1. The van der Waals surface area contributed by atoms with E-state index in [1.165, 1.54) is 0 Å². The highest BCUT2D eigenvalue weighted by Gasteiger charge is 2.33. The van der Waals surface area contributed by atoms with Crippen molar-refractivity contribution in [1.29, 1.82) is 0 Å². The van der Waals surface area contributed by atoms with E-state index < -0.39 is 5.54 Å². The number of thioether (sulfide) groups is 1. The summed E-state index contributed by atoms with van der Waals surface area (Å²) in [6.07, 6.45) is 0. The Kier molecular flexibility index (Phi) is 6.18. The van der Waals surface area contributed by atoms with Gasteiger partial charge in [0.05, 0.1) is 13.7 Å². The molecule has 0 aliphatic rings. The van der Waals surface area contributed by atoms with Gasteiger partial charge in [-0.3, -0.25) is 4.79 Å². The van der Waals surface area contributed by atoms with Crippen LogP contribution in [0.2, 0.25) is 0 Å². The lowest BCUT2D eigenvalue weighted by Gasteiger charge is -2.26. The zero-order chi connectivity index (χ0) is 14.3. The van der Waals surface area contributed by atoms with Crippen molar-refractivity contribution in [2.75, 3.05) is 26.5 Å². The fraction of sp³-hybridized carbons (Fsp3) is 0.500. The topological polar surface area (TPSA) is 47.6 Å². The first-order valence-corrected chi connectivity index (χ1v) is 7.17. The molecule has 0 radical (unpaired) electrons. The maximum atomic E-state index is 11.9. The van der Waals surface area contributed by atoms with Gasteiger partial charge in [0.15, 0.2) is 0 Å². The van der Waals surface area contributed by atoms with E-state index in [2.05, 4.69) is 5.32 Å². The molecule has 1 aromatic carbocycles. The molecule has 0 fully saturated rings. The minimum Gasteiger partial charge on any atom is -0.497 e. The van der Waals surface area contributed by atoms with Crippen molar-refractivity contribution >= 4 is 17.7 Å². The normalized spacial score (nSPS) is 13.7. The molecule has 0 aliphatic carbocycles. The Labute approximate surface area is 118 Å². The van der Waals surface area contributed by atoms with Crippen molar-refractivity contribution in [3.63, 3.8) is 0 Å². The van der Waals surface area contributed by atoms with E-state index in [-0.39, 0.29) is 5.97 Å². The Morgan fingerprint density at radius 2 is 2.21 bits per heavy atom. The molecule has 0 saturated heterocycles. The summed E-state index contributed by atoms with van der Waals surface area (Å²) in [5, 5.41) is 3.04. The first-order valence-electron chi connectivity index (χ1n) is 6.18. The molecule has 5 heteroatoms. The van der Waals surface area contributed by atoms with Gasteiger partial charge in [-0.15, -0.1) is 11.8 Å². The molecule has 0 aromatic heterocycles. The molecule has 0 heterocycles. The van der Waals surface area contributed by atoms with Gasteiger partial charge in [-0.25, -0.2) is 0 Å². The average molecular weight is 283 g/mol. The van der Waals surface area contributed by atoms with Crippen LogP contribution in [0, 0.1) is 0 Å². The molecule has 106 valence electrons. The molecular weight excluding hydrogens is 262 g/mol. The molecule has 1 atom stereocenters. The van der Waals surface area contributed by atoms with Gasteiger partial charge in [0, 0.05) is 10.6 Å². The van der Waals surface area contributed by atoms with E-state index in [1.807, 2.05) is 38.1 Å². The van der Waals surface area contributed by atoms with E-state index in [0.717, 1.165) is 10.6 Å². The highest BCUT2D eigenvalue weighted by molar-refractivity contribution is 7.99. The number of methoxy groups -OCH3 is 1. The van der Waals surface area contributed by atoms with Crippen LogP contribution in [0.3, 0.4) is 0 Å². The van der Waals surface area contributed by atoms with Gasteiger partial charge in [-0.05, 0) is 39.1 Å². The fourth-order valence-electron chi connectivity index (χ4n) is 1.44. The van der Waals surface area contributed by atoms with Crippen LogP contribution in [-0.2, 0) is 9.53 Å². The van der Waals surface area contributed by atoms with Crippen molar-refractivity contribution in [3.05, 3.63) is 24.3 Å². The lowest BCUT2D eigenvalue weighted by Crippen LogP contribution is -2.50. The van der Waals surface area contributed by atoms with E-state index in [0.29, 0.717) is 12.4 Å². The number of hydrogen-bond donors (Lipinski definition) is 1. The van der Waals surface area contributed by atoms with E-state index in [4.69, 9.17) is 9.47 Å². The van der Waals surface area contributed by atoms with Crippen LogP contribution in [0.15, 0.2) is 29.2 Å². The van der Waals surface area contributed by atoms with E-state index >= 15 is 0 Å². The van der Waals surface area contributed by atoms with Crippen LogP contribution in [0.1, 0.15) is 13.8 Å². The number of rotatable bonds is 7. The molecule has 4 nitrogen and oxygen atoms in total. The van der Waals surface area contributed by atoms with Crippen molar-refractivity contribution < 1.29 is 14.3 Å². The molecular formula is C14H21NO3S. The molecule has 1 rings (SSSR count). The van der Waals surface area contributed by atoms with Gasteiger partial charge in [-0.2, -0.15) is 0 Å². The quantitative estimate of drug-likeness (QED) is 0.615. The third-order valence-electron chi connectivity index (χ3n) is 2.85. The monoisotopic (exact) mass is 283 g/mol. The van der Waals surface area contributed by atoms with Crippen molar-refractivity contribution in [3.8, 4) is 5.75 Å². The number of ether oxygens (including phenoxy) is 2. The van der Waals surface area contributed by atoms with Gasteiger partial charge in [-0.1, -0.05) is 6.07 Å². The second kappa shape index (κ2) is 7.40. The standard InChI is InChI=1S/C14H21NO3S/c1-5-18-13(16)14(2,15-3)10-19-12-8-6-7-11(9-12)17-4/h6-9,15H,5,10H2,1-4H3. The lowest BCUT2D eigenvalue weighted by atomic mass is 10.1. The summed E-state index contributed by atoms with van der Waals surface area (Å²) < 4.78 is 10.3. The fourth-order valence-corrected chi connectivity index (χ4v) is 2.53. The third kappa shape index (κ3) is 4.44. The third-order valence-corrected chi connectivity index (χ3v) is 4.16. The van der Waals surface area contributed by atoms with Crippen LogP contribution >= 0.6 is 11.8 Å². The Morgan fingerprint density at radius 3 is 2.79 bits per heavy atom. The minimum atomic E-state index is -0.691. The number of esters is 1. The number of carbonyl (C=O) groups is 1. The van der Waals surface area contributed by atoms with Crippen LogP contribution in [0.4, 0.5) is 0 Å². The molecule has 0 saturated carbocycles. The Morgan fingerprint density at radius 1 is 1.47 bits per heavy atom. The number of likely N-dealkylation sites (N-methyl/N-ethyl adjacent to an activating group) is 1. The van der Waals surface area contributed by atoms with Crippen LogP contribution in [0.25, 0.3) is 0 Å². The molecule has 1 aromatic rings. The first-order chi connectivity index (χ1) is 9.05. The zero-order valence-electron chi connectivity index (χ0n) is 11.9. The smallest absolute Gasteiger partial charge is 0.326 e. The van der Waals surface area contributed by atoms with Crippen molar-refractivity contribution in [2.45, 2.75) is 24.3 Å². The van der Waals surface area contributed by atoms with E-state index in [9.17, 15) is 4.79 Å². The summed E-state index contributed by atoms with van der Waals surface area (Å²) in [7, 11) is 3.41. The number of hydrogen-bond acceptors (Lipinski definition) is 5. The predicted octanol–water partition coefficient (Wildman–Crippen LogP) is 2.33. The first kappa shape index (κ1) is 15.9. The van der Waals surface area contributed by atoms with Gasteiger partial charge in [0.25, 0.3) is 0 Å². The summed E-state index contributed by atoms with van der Waals surface area (Å²) in [6, 6.07) is 7.77. The molecule has 0 spiro atoms. The predicted molar refractivity (Wildman–Crippen MR) is 77.8 cm³/mol. The number of nitrogens with one attached hydrogen (secondary N) is 1. The second-order valence-corrected chi connectivity index (χ2v) is 5.32. The van der Waals surface area contributed by atoms with Crippen molar-refractivity contribution in [2.24, 2.45) is 0 Å². The number of carbonyl (C=O) groups excluding carboxylic acids is 1.